The zero-order valence-electron chi connectivity index (χ0n) is 10.4. The molecule has 1 rings (SSSR count). The van der Waals surface area contributed by atoms with Gasteiger partial charge >= 0.3 is 6.03 Å². The van der Waals surface area contributed by atoms with Gasteiger partial charge in [0.05, 0.1) is 6.04 Å². The molecule has 1 aromatic heterocycles. The van der Waals surface area contributed by atoms with E-state index in [0.717, 1.165) is 6.54 Å². The molecule has 1 aromatic rings. The molecule has 1 atom stereocenters. The van der Waals surface area contributed by atoms with Gasteiger partial charge in [-0.05, 0) is 24.3 Å². The molecule has 0 spiro atoms. The first-order valence-electron chi connectivity index (χ1n) is 5.61. The van der Waals surface area contributed by atoms with Crippen LogP contribution in [0.25, 0.3) is 0 Å². The number of hydrogen-bond donors (Lipinski definition) is 1. The van der Waals surface area contributed by atoms with Crippen molar-refractivity contribution in [1.29, 1.82) is 0 Å². The van der Waals surface area contributed by atoms with Crippen molar-refractivity contribution in [3.63, 3.8) is 0 Å². The highest BCUT2D eigenvalue weighted by molar-refractivity contribution is 7.10. The van der Waals surface area contributed by atoms with E-state index in [9.17, 15) is 4.79 Å². The summed E-state index contributed by atoms with van der Waals surface area (Å²) < 4.78 is 0. The van der Waals surface area contributed by atoms with Gasteiger partial charge in [0.1, 0.15) is 0 Å². The Morgan fingerprint density at radius 1 is 1.56 bits per heavy atom. The van der Waals surface area contributed by atoms with Crippen molar-refractivity contribution in [2.24, 2.45) is 5.92 Å². The van der Waals surface area contributed by atoms with Crippen LogP contribution in [0, 0.1) is 5.92 Å². The number of nitrogens with one attached hydrogen (secondary N) is 1. The molecular formula is C12H20N2OS. The molecule has 0 saturated carbocycles. The summed E-state index contributed by atoms with van der Waals surface area (Å²) in [7, 11) is 1.81. The van der Waals surface area contributed by atoms with E-state index in [4.69, 9.17) is 0 Å². The maximum absolute atomic E-state index is 11.8. The molecule has 16 heavy (non-hydrogen) atoms. The topological polar surface area (TPSA) is 32.3 Å². The number of amides is 2. The van der Waals surface area contributed by atoms with E-state index in [1.165, 1.54) is 4.88 Å². The number of hydrogen-bond acceptors (Lipinski definition) is 2. The number of nitrogens with zero attached hydrogens (tertiary/aromatic N) is 1. The highest BCUT2D eigenvalue weighted by Crippen LogP contribution is 2.25. The van der Waals surface area contributed by atoms with Crippen LogP contribution < -0.4 is 5.32 Å². The van der Waals surface area contributed by atoms with Crippen LogP contribution in [0.2, 0.25) is 0 Å². The number of carbonyl (C=O) groups excluding carboxylic acids is 1. The molecule has 4 heteroatoms. The quantitative estimate of drug-likeness (QED) is 0.861. The Morgan fingerprint density at radius 2 is 2.25 bits per heavy atom. The molecule has 3 nitrogen and oxygen atoms in total. The highest BCUT2D eigenvalue weighted by Gasteiger charge is 2.20. The third kappa shape index (κ3) is 3.23. The first-order chi connectivity index (χ1) is 7.56. The standard InChI is InChI=1S/C12H20N2OS/c1-5-14(4)12(15)13-11(9(2)3)10-7-6-8-16-10/h6-9,11H,5H2,1-4H3,(H,13,15). The summed E-state index contributed by atoms with van der Waals surface area (Å²) in [6, 6.07) is 4.20. The predicted octanol–water partition coefficient (Wildman–Crippen LogP) is 3.11. The normalized spacial score (nSPS) is 12.6. The van der Waals surface area contributed by atoms with Crippen LogP contribution in [0.5, 0.6) is 0 Å². The van der Waals surface area contributed by atoms with E-state index in [2.05, 4.69) is 25.2 Å². The van der Waals surface area contributed by atoms with Crippen LogP contribution >= 0.6 is 11.3 Å². The predicted molar refractivity (Wildman–Crippen MR) is 68.7 cm³/mol. The van der Waals surface area contributed by atoms with Gasteiger partial charge in [-0.25, -0.2) is 4.79 Å². The van der Waals surface area contributed by atoms with E-state index in [1.54, 1.807) is 23.3 Å². The molecule has 1 unspecified atom stereocenters. The number of carbonyl (C=O) groups is 1. The largest absolute Gasteiger partial charge is 0.330 e. The molecule has 0 aliphatic rings. The molecule has 0 saturated heterocycles. The van der Waals surface area contributed by atoms with Gasteiger partial charge in [0.2, 0.25) is 0 Å². The van der Waals surface area contributed by atoms with E-state index >= 15 is 0 Å². The van der Waals surface area contributed by atoms with Crippen molar-refractivity contribution in [3.05, 3.63) is 22.4 Å². The summed E-state index contributed by atoms with van der Waals surface area (Å²) in [4.78, 5) is 14.7. The first kappa shape index (κ1) is 13.0. The molecule has 0 aliphatic heterocycles. The van der Waals surface area contributed by atoms with Gasteiger partial charge in [0.15, 0.2) is 0 Å². The molecular weight excluding hydrogens is 220 g/mol. The van der Waals surface area contributed by atoms with Gasteiger partial charge in [0, 0.05) is 18.5 Å². The summed E-state index contributed by atoms with van der Waals surface area (Å²) in [6.45, 7) is 6.93. The summed E-state index contributed by atoms with van der Waals surface area (Å²) in [5.41, 5.74) is 0. The maximum Gasteiger partial charge on any atom is 0.317 e. The summed E-state index contributed by atoms with van der Waals surface area (Å²) in [5.74, 6) is 0.396. The molecule has 0 bridgehead atoms. The lowest BCUT2D eigenvalue weighted by molar-refractivity contribution is 0.203. The van der Waals surface area contributed by atoms with Gasteiger partial charge in [-0.15, -0.1) is 11.3 Å². The van der Waals surface area contributed by atoms with Crippen LogP contribution in [0.3, 0.4) is 0 Å². The maximum atomic E-state index is 11.8. The second-order valence-corrected chi connectivity index (χ2v) is 5.18. The minimum absolute atomic E-state index is 0.00500. The fraction of sp³-hybridized carbons (Fsp3) is 0.583. The fourth-order valence-electron chi connectivity index (χ4n) is 1.42. The second-order valence-electron chi connectivity index (χ2n) is 4.20. The lowest BCUT2D eigenvalue weighted by Crippen LogP contribution is -2.40. The van der Waals surface area contributed by atoms with Crippen LogP contribution in [-0.2, 0) is 0 Å². The summed E-state index contributed by atoms with van der Waals surface area (Å²) >= 11 is 1.69. The lowest BCUT2D eigenvalue weighted by atomic mass is 10.0. The lowest BCUT2D eigenvalue weighted by Gasteiger charge is -2.24. The zero-order valence-corrected chi connectivity index (χ0v) is 11.2. The van der Waals surface area contributed by atoms with Gasteiger partial charge in [-0.3, -0.25) is 0 Å². The van der Waals surface area contributed by atoms with Crippen LogP contribution in [0.1, 0.15) is 31.7 Å². The molecule has 1 N–H and O–H groups in total. The van der Waals surface area contributed by atoms with Crippen molar-refractivity contribution < 1.29 is 4.79 Å². The van der Waals surface area contributed by atoms with E-state index in [1.807, 2.05) is 18.4 Å². The smallest absolute Gasteiger partial charge is 0.317 e. The summed E-state index contributed by atoms with van der Waals surface area (Å²) in [5, 5.41) is 5.11. The van der Waals surface area contributed by atoms with Crippen molar-refractivity contribution in [3.8, 4) is 0 Å². The average molecular weight is 240 g/mol. The molecule has 2 amide bonds. The van der Waals surface area contributed by atoms with Crippen molar-refractivity contribution in [2.45, 2.75) is 26.8 Å². The Balaban J connectivity index is 2.70. The molecule has 1 heterocycles. The molecule has 0 aliphatic carbocycles. The number of thiophene rings is 1. The van der Waals surface area contributed by atoms with Gasteiger partial charge in [-0.2, -0.15) is 0 Å². The number of urea groups is 1. The minimum Gasteiger partial charge on any atom is -0.330 e. The SMILES string of the molecule is CCN(C)C(=O)NC(c1cccs1)C(C)C. The Hall–Kier alpha value is -1.03. The minimum atomic E-state index is -0.00500. The molecule has 90 valence electrons. The Labute approximate surface area is 101 Å². The third-order valence-electron chi connectivity index (χ3n) is 2.62. The molecule has 0 aromatic carbocycles. The van der Waals surface area contributed by atoms with Crippen LogP contribution in [-0.4, -0.2) is 24.5 Å². The zero-order chi connectivity index (χ0) is 12.1. The van der Waals surface area contributed by atoms with E-state index in [-0.39, 0.29) is 12.1 Å². The van der Waals surface area contributed by atoms with E-state index < -0.39 is 0 Å². The molecule has 0 fully saturated rings. The Kier molecular flexibility index (Phi) is 4.80. The Bertz CT molecular complexity index is 322. The van der Waals surface area contributed by atoms with Gasteiger partial charge in [-0.1, -0.05) is 19.9 Å². The summed E-state index contributed by atoms with van der Waals surface area (Å²) in [6.07, 6.45) is 0. The van der Waals surface area contributed by atoms with Gasteiger partial charge < -0.3 is 10.2 Å². The van der Waals surface area contributed by atoms with Crippen molar-refractivity contribution >= 4 is 17.4 Å². The fourth-order valence-corrected chi connectivity index (χ4v) is 2.37. The average Bonchev–Trinajstić information content (AvgIpc) is 2.76. The van der Waals surface area contributed by atoms with Crippen molar-refractivity contribution in [1.82, 2.24) is 10.2 Å². The monoisotopic (exact) mass is 240 g/mol. The molecule has 0 radical (unpaired) electrons. The van der Waals surface area contributed by atoms with E-state index in [0.29, 0.717) is 5.92 Å². The first-order valence-corrected chi connectivity index (χ1v) is 6.49. The Morgan fingerprint density at radius 3 is 2.69 bits per heavy atom. The highest BCUT2D eigenvalue weighted by atomic mass is 32.1. The van der Waals surface area contributed by atoms with Crippen molar-refractivity contribution in [2.75, 3.05) is 13.6 Å². The number of rotatable bonds is 4. The third-order valence-corrected chi connectivity index (χ3v) is 3.57. The van der Waals surface area contributed by atoms with Crippen LogP contribution in [0.4, 0.5) is 4.79 Å². The van der Waals surface area contributed by atoms with Gasteiger partial charge in [0.25, 0.3) is 0 Å². The second kappa shape index (κ2) is 5.89. The van der Waals surface area contributed by atoms with Crippen LogP contribution in [0.15, 0.2) is 17.5 Å².